The number of aromatic nitrogens is 1. The number of pyridine rings is 1. The van der Waals surface area contributed by atoms with Gasteiger partial charge in [-0.2, -0.15) is 0 Å². The summed E-state index contributed by atoms with van der Waals surface area (Å²) in [7, 11) is 0. The van der Waals surface area contributed by atoms with Crippen LogP contribution in [0.4, 0.5) is 5.69 Å². The van der Waals surface area contributed by atoms with Crippen LogP contribution in [0.3, 0.4) is 0 Å². The van der Waals surface area contributed by atoms with Gasteiger partial charge < -0.3 is 10.4 Å². The molecule has 2 aromatic heterocycles. The summed E-state index contributed by atoms with van der Waals surface area (Å²) in [5.74, 6) is -0.925. The monoisotopic (exact) mass is 274 g/mol. The highest BCUT2D eigenvalue weighted by Crippen LogP contribution is 2.35. The molecule has 2 heterocycles. The number of thiophene rings is 1. The zero-order valence-electron chi connectivity index (χ0n) is 10.3. The summed E-state index contributed by atoms with van der Waals surface area (Å²) in [6, 6.07) is 3.85. The number of nitrogens with zero attached hydrogens (tertiary/aromatic N) is 1. The molecule has 1 unspecified atom stereocenters. The first-order chi connectivity index (χ1) is 9.25. The second-order valence-corrected chi connectivity index (χ2v) is 5.62. The highest BCUT2D eigenvalue weighted by atomic mass is 32.1. The lowest BCUT2D eigenvalue weighted by molar-refractivity contribution is 0.0697. The molecular formula is C14H14N2O2S. The summed E-state index contributed by atoms with van der Waals surface area (Å²) in [4.78, 5) is 16.6. The molecule has 0 bridgehead atoms. The molecule has 4 nitrogen and oxygen atoms in total. The Kier molecular flexibility index (Phi) is 3.21. The molecule has 0 saturated carbocycles. The second kappa shape index (κ2) is 5.01. The maximum Gasteiger partial charge on any atom is 0.337 e. The minimum atomic E-state index is -0.925. The lowest BCUT2D eigenvalue weighted by atomic mass is 9.93. The Morgan fingerprint density at radius 1 is 1.47 bits per heavy atom. The highest BCUT2D eigenvalue weighted by Gasteiger charge is 2.22. The third-order valence-electron chi connectivity index (χ3n) is 3.43. The Balaban J connectivity index is 1.90. The van der Waals surface area contributed by atoms with Crippen molar-refractivity contribution in [3.05, 3.63) is 45.9 Å². The van der Waals surface area contributed by atoms with Crippen molar-refractivity contribution in [2.24, 2.45) is 0 Å². The predicted molar refractivity (Wildman–Crippen MR) is 74.8 cm³/mol. The lowest BCUT2D eigenvalue weighted by Gasteiger charge is -2.25. The number of fused-ring (bicyclic) bond motifs is 1. The van der Waals surface area contributed by atoms with Gasteiger partial charge in [0, 0.05) is 11.1 Å². The van der Waals surface area contributed by atoms with E-state index in [1.54, 1.807) is 17.5 Å². The van der Waals surface area contributed by atoms with Gasteiger partial charge >= 0.3 is 5.97 Å². The van der Waals surface area contributed by atoms with E-state index in [2.05, 4.69) is 21.7 Å². The summed E-state index contributed by atoms with van der Waals surface area (Å²) in [6.07, 6.45) is 6.38. The number of hydrogen-bond acceptors (Lipinski definition) is 4. The van der Waals surface area contributed by atoms with Gasteiger partial charge in [0.2, 0.25) is 0 Å². The number of aromatic carboxylic acids is 1. The van der Waals surface area contributed by atoms with Gasteiger partial charge in [-0.15, -0.1) is 11.3 Å². The van der Waals surface area contributed by atoms with Crippen LogP contribution in [0.2, 0.25) is 0 Å². The van der Waals surface area contributed by atoms with E-state index in [4.69, 9.17) is 0 Å². The van der Waals surface area contributed by atoms with Crippen molar-refractivity contribution in [3.63, 3.8) is 0 Å². The van der Waals surface area contributed by atoms with Crippen LogP contribution in [0.5, 0.6) is 0 Å². The van der Waals surface area contributed by atoms with Crippen LogP contribution in [-0.4, -0.2) is 16.1 Å². The quantitative estimate of drug-likeness (QED) is 0.901. The van der Waals surface area contributed by atoms with E-state index in [9.17, 15) is 9.90 Å². The summed E-state index contributed by atoms with van der Waals surface area (Å²) < 4.78 is 0. The number of carboxylic acids is 1. The van der Waals surface area contributed by atoms with Gasteiger partial charge in [0.15, 0.2) is 0 Å². The summed E-state index contributed by atoms with van der Waals surface area (Å²) in [5.41, 5.74) is 2.17. The molecule has 0 aromatic carbocycles. The number of nitrogens with one attached hydrogen (secondary N) is 1. The molecule has 1 aliphatic rings. The van der Waals surface area contributed by atoms with Crippen LogP contribution >= 0.6 is 11.3 Å². The molecule has 5 heteroatoms. The average Bonchev–Trinajstić information content (AvgIpc) is 2.88. The van der Waals surface area contributed by atoms with Crippen LogP contribution in [-0.2, 0) is 6.42 Å². The predicted octanol–water partition coefficient (Wildman–Crippen LogP) is 3.33. The average molecular weight is 274 g/mol. The SMILES string of the molecule is O=C(O)c1ccncc1NC1CCCc2sccc21. The van der Waals surface area contributed by atoms with Crippen LogP contribution in [0.25, 0.3) is 0 Å². The number of rotatable bonds is 3. The number of carboxylic acid groups (broad SMARTS) is 1. The molecular weight excluding hydrogens is 260 g/mol. The Morgan fingerprint density at radius 3 is 3.21 bits per heavy atom. The zero-order valence-corrected chi connectivity index (χ0v) is 11.1. The molecule has 0 spiro atoms. The fourth-order valence-corrected chi connectivity index (χ4v) is 3.51. The molecule has 1 aliphatic carbocycles. The van der Waals surface area contributed by atoms with Crippen molar-refractivity contribution in [2.75, 3.05) is 5.32 Å². The highest BCUT2D eigenvalue weighted by molar-refractivity contribution is 7.10. The van der Waals surface area contributed by atoms with Crippen molar-refractivity contribution < 1.29 is 9.90 Å². The Hall–Kier alpha value is -1.88. The van der Waals surface area contributed by atoms with Gasteiger partial charge in [-0.3, -0.25) is 4.98 Å². The molecule has 0 radical (unpaired) electrons. The number of carbonyl (C=O) groups is 1. The van der Waals surface area contributed by atoms with E-state index in [1.807, 2.05) is 0 Å². The topological polar surface area (TPSA) is 62.2 Å². The second-order valence-electron chi connectivity index (χ2n) is 4.61. The molecule has 2 N–H and O–H groups in total. The zero-order chi connectivity index (χ0) is 13.2. The van der Waals surface area contributed by atoms with E-state index < -0.39 is 5.97 Å². The molecule has 0 fully saturated rings. The van der Waals surface area contributed by atoms with Crippen molar-refractivity contribution >= 4 is 23.0 Å². The molecule has 2 aromatic rings. The Morgan fingerprint density at radius 2 is 2.37 bits per heavy atom. The maximum absolute atomic E-state index is 11.2. The first-order valence-electron chi connectivity index (χ1n) is 6.26. The van der Waals surface area contributed by atoms with E-state index in [1.165, 1.54) is 22.7 Å². The third kappa shape index (κ3) is 2.33. The summed E-state index contributed by atoms with van der Waals surface area (Å²) in [5, 5.41) is 14.6. The first kappa shape index (κ1) is 12.2. The van der Waals surface area contributed by atoms with Crippen molar-refractivity contribution in [3.8, 4) is 0 Å². The molecule has 98 valence electrons. The van der Waals surface area contributed by atoms with Gasteiger partial charge in [0.05, 0.1) is 23.5 Å². The van der Waals surface area contributed by atoms with Crippen LogP contribution in [0, 0.1) is 0 Å². The minimum absolute atomic E-state index is 0.192. The normalized spacial score (nSPS) is 17.8. The van der Waals surface area contributed by atoms with Crippen molar-refractivity contribution in [1.82, 2.24) is 4.98 Å². The van der Waals surface area contributed by atoms with Gasteiger partial charge in [0.25, 0.3) is 0 Å². The first-order valence-corrected chi connectivity index (χ1v) is 7.14. The van der Waals surface area contributed by atoms with Gasteiger partial charge in [-0.1, -0.05) is 0 Å². The largest absolute Gasteiger partial charge is 0.478 e. The molecule has 0 aliphatic heterocycles. The van der Waals surface area contributed by atoms with Crippen molar-refractivity contribution in [2.45, 2.75) is 25.3 Å². The maximum atomic E-state index is 11.2. The van der Waals surface area contributed by atoms with Crippen LogP contribution in [0.1, 0.15) is 39.7 Å². The summed E-state index contributed by atoms with van der Waals surface area (Å²) >= 11 is 1.78. The van der Waals surface area contributed by atoms with E-state index in [-0.39, 0.29) is 11.6 Å². The van der Waals surface area contributed by atoms with Gasteiger partial charge in [0.1, 0.15) is 0 Å². The van der Waals surface area contributed by atoms with Crippen LogP contribution in [0.15, 0.2) is 29.9 Å². The minimum Gasteiger partial charge on any atom is -0.478 e. The lowest BCUT2D eigenvalue weighted by Crippen LogP contribution is -2.17. The fraction of sp³-hybridized carbons (Fsp3) is 0.286. The van der Waals surface area contributed by atoms with Gasteiger partial charge in [-0.05, 0) is 42.3 Å². The van der Waals surface area contributed by atoms with E-state index in [0.29, 0.717) is 5.69 Å². The standard InChI is InChI=1S/C14H14N2O2S/c17-14(18)10-4-6-15-8-12(10)16-11-2-1-3-13-9(11)5-7-19-13/h4-8,11,16H,1-3H2,(H,17,18). The molecule has 3 rings (SSSR count). The fourth-order valence-electron chi connectivity index (χ4n) is 2.52. The summed E-state index contributed by atoms with van der Waals surface area (Å²) in [6.45, 7) is 0. The van der Waals surface area contributed by atoms with Crippen molar-refractivity contribution in [1.29, 1.82) is 0 Å². The molecule has 0 saturated heterocycles. The smallest absolute Gasteiger partial charge is 0.337 e. The van der Waals surface area contributed by atoms with E-state index in [0.717, 1.165) is 19.3 Å². The number of aryl methyl sites for hydroxylation is 1. The van der Waals surface area contributed by atoms with Crippen LogP contribution < -0.4 is 5.32 Å². The third-order valence-corrected chi connectivity index (χ3v) is 4.43. The molecule has 19 heavy (non-hydrogen) atoms. The molecule has 1 atom stereocenters. The molecule has 0 amide bonds. The Labute approximate surface area is 115 Å². The number of hydrogen-bond donors (Lipinski definition) is 2. The Bertz CT molecular complexity index is 609. The van der Waals surface area contributed by atoms with E-state index >= 15 is 0 Å². The number of anilines is 1. The van der Waals surface area contributed by atoms with Gasteiger partial charge in [-0.25, -0.2) is 4.79 Å².